The van der Waals surface area contributed by atoms with Gasteiger partial charge in [0.1, 0.15) is 0 Å². The molecular weight excluding hydrogens is 370 g/mol. The molecular formula is C22H31N3O2S. The van der Waals surface area contributed by atoms with Crippen LogP contribution in [-0.4, -0.2) is 27.9 Å². The smallest absolute Gasteiger partial charge is 0.277 e. The van der Waals surface area contributed by atoms with Crippen molar-refractivity contribution in [3.63, 3.8) is 0 Å². The summed E-state index contributed by atoms with van der Waals surface area (Å²) in [5, 5.41) is 11.8. The maximum atomic E-state index is 12.3. The Hall–Kier alpha value is -1.82. The molecule has 0 aliphatic heterocycles. The standard InChI is InChI=1S/C22H31N3O2S/c1-5-22(3,4)17-9-11-18(12-10-17)23-19(26)14-28-21-25-24-20(27-21)16-8-6-7-15(2)13-16/h6-8,13,17-18H,5,9-12,14H2,1-4H3,(H,23,26). The number of hydrogen-bond donors (Lipinski definition) is 1. The number of nitrogens with one attached hydrogen (secondary N) is 1. The Morgan fingerprint density at radius 1 is 1.25 bits per heavy atom. The van der Waals surface area contributed by atoms with Crippen LogP contribution in [0.4, 0.5) is 0 Å². The third-order valence-corrected chi connectivity index (χ3v) is 6.93. The Morgan fingerprint density at radius 3 is 2.68 bits per heavy atom. The van der Waals surface area contributed by atoms with Gasteiger partial charge in [-0.1, -0.05) is 56.7 Å². The van der Waals surface area contributed by atoms with Gasteiger partial charge in [0, 0.05) is 11.6 Å². The van der Waals surface area contributed by atoms with E-state index in [0.717, 1.165) is 29.9 Å². The second kappa shape index (κ2) is 9.12. The molecule has 1 fully saturated rings. The zero-order valence-electron chi connectivity index (χ0n) is 17.3. The van der Waals surface area contributed by atoms with Crippen molar-refractivity contribution in [2.45, 2.75) is 71.1 Å². The van der Waals surface area contributed by atoms with Gasteiger partial charge in [-0.15, -0.1) is 10.2 Å². The monoisotopic (exact) mass is 401 g/mol. The second-order valence-electron chi connectivity index (χ2n) is 8.49. The van der Waals surface area contributed by atoms with Crippen LogP contribution < -0.4 is 5.32 Å². The summed E-state index contributed by atoms with van der Waals surface area (Å²) in [6.45, 7) is 9.02. The van der Waals surface area contributed by atoms with Crippen molar-refractivity contribution in [3.8, 4) is 11.5 Å². The highest BCUT2D eigenvalue weighted by Gasteiger charge is 2.32. The molecule has 0 atom stereocenters. The number of amides is 1. The Balaban J connectivity index is 1.44. The molecule has 1 aliphatic rings. The molecule has 1 N–H and O–H groups in total. The largest absolute Gasteiger partial charge is 0.411 e. The van der Waals surface area contributed by atoms with Crippen molar-refractivity contribution in [1.82, 2.24) is 15.5 Å². The predicted molar refractivity (Wildman–Crippen MR) is 113 cm³/mol. The van der Waals surface area contributed by atoms with Gasteiger partial charge in [0.25, 0.3) is 5.22 Å². The van der Waals surface area contributed by atoms with Crippen LogP contribution in [0.15, 0.2) is 33.9 Å². The van der Waals surface area contributed by atoms with Crippen LogP contribution in [0.1, 0.15) is 58.4 Å². The maximum Gasteiger partial charge on any atom is 0.277 e. The zero-order chi connectivity index (χ0) is 20.1. The Bertz CT molecular complexity index is 795. The van der Waals surface area contributed by atoms with Crippen LogP contribution in [0.3, 0.4) is 0 Å². The van der Waals surface area contributed by atoms with Gasteiger partial charge in [-0.3, -0.25) is 4.79 Å². The van der Waals surface area contributed by atoms with Gasteiger partial charge in [-0.05, 0) is 56.1 Å². The highest BCUT2D eigenvalue weighted by Crippen LogP contribution is 2.40. The van der Waals surface area contributed by atoms with Gasteiger partial charge in [-0.2, -0.15) is 0 Å². The van der Waals surface area contributed by atoms with E-state index in [-0.39, 0.29) is 5.91 Å². The number of carbonyl (C=O) groups excluding carboxylic acids is 1. The van der Waals surface area contributed by atoms with Gasteiger partial charge >= 0.3 is 0 Å². The van der Waals surface area contributed by atoms with Crippen LogP contribution in [0.5, 0.6) is 0 Å². The van der Waals surface area contributed by atoms with Gasteiger partial charge in [-0.25, -0.2) is 0 Å². The highest BCUT2D eigenvalue weighted by molar-refractivity contribution is 7.99. The molecule has 152 valence electrons. The van der Waals surface area contributed by atoms with E-state index < -0.39 is 0 Å². The lowest BCUT2D eigenvalue weighted by atomic mass is 9.69. The molecule has 1 aromatic carbocycles. The summed E-state index contributed by atoms with van der Waals surface area (Å²) in [5.74, 6) is 1.59. The van der Waals surface area contributed by atoms with E-state index in [1.54, 1.807) is 0 Å². The second-order valence-corrected chi connectivity index (χ2v) is 9.42. The molecule has 0 saturated heterocycles. The molecule has 5 nitrogen and oxygen atoms in total. The number of aromatic nitrogens is 2. The Kier molecular flexibility index (Phi) is 6.81. The van der Waals surface area contributed by atoms with Crippen LogP contribution in [0, 0.1) is 18.3 Å². The van der Waals surface area contributed by atoms with E-state index in [2.05, 4.69) is 36.3 Å². The molecule has 2 aromatic rings. The quantitative estimate of drug-likeness (QED) is 0.642. The molecule has 1 amide bonds. The molecule has 28 heavy (non-hydrogen) atoms. The number of hydrogen-bond acceptors (Lipinski definition) is 5. The molecule has 6 heteroatoms. The molecule has 0 spiro atoms. The highest BCUT2D eigenvalue weighted by atomic mass is 32.2. The van der Waals surface area contributed by atoms with E-state index in [9.17, 15) is 4.79 Å². The number of rotatable bonds is 7. The fourth-order valence-corrected chi connectivity index (χ4v) is 4.44. The lowest BCUT2D eigenvalue weighted by molar-refractivity contribution is -0.119. The average Bonchev–Trinajstić information content (AvgIpc) is 3.16. The fourth-order valence-electron chi connectivity index (χ4n) is 3.87. The summed E-state index contributed by atoms with van der Waals surface area (Å²) < 4.78 is 5.69. The van der Waals surface area contributed by atoms with Crippen molar-refractivity contribution >= 4 is 17.7 Å². The topological polar surface area (TPSA) is 68.0 Å². The first-order valence-electron chi connectivity index (χ1n) is 10.2. The molecule has 3 rings (SSSR count). The normalized spacial score (nSPS) is 20.1. The minimum absolute atomic E-state index is 0.0403. The van der Waals surface area contributed by atoms with Crippen molar-refractivity contribution in [3.05, 3.63) is 29.8 Å². The summed E-state index contributed by atoms with van der Waals surface area (Å²) >= 11 is 1.29. The van der Waals surface area contributed by atoms with Crippen LogP contribution in [-0.2, 0) is 4.79 Å². The van der Waals surface area contributed by atoms with Crippen LogP contribution >= 0.6 is 11.8 Å². The lowest BCUT2D eigenvalue weighted by Gasteiger charge is -2.39. The van der Waals surface area contributed by atoms with Crippen molar-refractivity contribution < 1.29 is 9.21 Å². The fraction of sp³-hybridized carbons (Fsp3) is 0.591. The number of benzene rings is 1. The van der Waals surface area contributed by atoms with Crippen molar-refractivity contribution in [1.29, 1.82) is 0 Å². The molecule has 1 aromatic heterocycles. The Labute approximate surface area is 172 Å². The Morgan fingerprint density at radius 2 is 2.00 bits per heavy atom. The summed E-state index contributed by atoms with van der Waals surface area (Å²) in [6.07, 6.45) is 5.75. The third-order valence-electron chi connectivity index (χ3n) is 6.11. The maximum absolute atomic E-state index is 12.3. The number of carbonyl (C=O) groups is 1. The first-order valence-corrected chi connectivity index (χ1v) is 11.2. The number of nitrogens with zero attached hydrogens (tertiary/aromatic N) is 2. The molecule has 1 aliphatic carbocycles. The summed E-state index contributed by atoms with van der Waals surface area (Å²) in [4.78, 5) is 12.3. The van der Waals surface area contributed by atoms with Gasteiger partial charge in [0.2, 0.25) is 11.8 Å². The molecule has 0 radical (unpaired) electrons. The van der Waals surface area contributed by atoms with E-state index in [1.165, 1.54) is 31.0 Å². The van der Waals surface area contributed by atoms with Gasteiger partial charge < -0.3 is 9.73 Å². The lowest BCUT2D eigenvalue weighted by Crippen LogP contribution is -2.40. The molecule has 1 heterocycles. The van der Waals surface area contributed by atoms with E-state index >= 15 is 0 Å². The van der Waals surface area contributed by atoms with Gasteiger partial charge in [0.15, 0.2) is 0 Å². The summed E-state index contributed by atoms with van der Waals surface area (Å²) in [5.41, 5.74) is 2.44. The minimum atomic E-state index is 0.0403. The molecule has 0 unspecified atom stereocenters. The molecule has 1 saturated carbocycles. The summed E-state index contributed by atoms with van der Waals surface area (Å²) in [7, 11) is 0. The SMILES string of the molecule is CCC(C)(C)C1CCC(NC(=O)CSc2nnc(-c3cccc(C)c3)o2)CC1. The first-order chi connectivity index (χ1) is 13.4. The average molecular weight is 402 g/mol. The minimum Gasteiger partial charge on any atom is -0.411 e. The third kappa shape index (κ3) is 5.37. The zero-order valence-corrected chi connectivity index (χ0v) is 18.1. The predicted octanol–water partition coefficient (Wildman–Crippen LogP) is 5.25. The number of thioether (sulfide) groups is 1. The van der Waals surface area contributed by atoms with Gasteiger partial charge in [0.05, 0.1) is 5.75 Å². The molecule has 0 bridgehead atoms. The first kappa shape index (κ1) is 20.9. The van der Waals surface area contributed by atoms with E-state index in [4.69, 9.17) is 4.42 Å². The van der Waals surface area contributed by atoms with E-state index in [1.807, 2.05) is 31.2 Å². The number of aryl methyl sites for hydroxylation is 1. The van der Waals surface area contributed by atoms with Crippen LogP contribution in [0.2, 0.25) is 0 Å². The van der Waals surface area contributed by atoms with E-state index in [0.29, 0.717) is 28.3 Å². The van der Waals surface area contributed by atoms with Crippen molar-refractivity contribution in [2.24, 2.45) is 11.3 Å². The van der Waals surface area contributed by atoms with Crippen molar-refractivity contribution in [2.75, 3.05) is 5.75 Å². The summed E-state index contributed by atoms with van der Waals surface area (Å²) in [6, 6.07) is 8.23. The van der Waals surface area contributed by atoms with Crippen LogP contribution in [0.25, 0.3) is 11.5 Å².